The van der Waals surface area contributed by atoms with Gasteiger partial charge in [-0.2, -0.15) is 0 Å². The number of halogens is 1. The zero-order valence-electron chi connectivity index (χ0n) is 3.79. The van der Waals surface area contributed by atoms with E-state index in [4.69, 9.17) is 0 Å². The molecule has 1 rings (SSSR count). The van der Waals surface area contributed by atoms with Gasteiger partial charge in [-0.25, -0.2) is 0 Å². The summed E-state index contributed by atoms with van der Waals surface area (Å²) in [5.41, 5.74) is 0.528. The van der Waals surface area contributed by atoms with E-state index in [1.54, 1.807) is 0 Å². The molecule has 0 radical (unpaired) electrons. The summed E-state index contributed by atoms with van der Waals surface area (Å²) in [6.45, 7) is 2.24. The summed E-state index contributed by atoms with van der Waals surface area (Å²) >= 11 is 2.21. The molecule has 0 bridgehead atoms. The highest BCUT2D eigenvalue weighted by Crippen LogP contribution is 2.34. The predicted molar refractivity (Wildman–Crippen MR) is 34.8 cm³/mol. The highest BCUT2D eigenvalue weighted by Gasteiger charge is 2.35. The lowest BCUT2D eigenvalue weighted by molar-refractivity contribution is 0.724. The fourth-order valence-corrected chi connectivity index (χ4v) is 0.821. The Morgan fingerprint density at radius 2 is 2.17 bits per heavy atom. The van der Waals surface area contributed by atoms with Gasteiger partial charge in [0.2, 0.25) is 0 Å². The molecule has 6 heavy (non-hydrogen) atoms. The zero-order valence-corrected chi connectivity index (χ0v) is 5.95. The monoisotopic (exact) mass is 197 g/mol. The Hall–Kier alpha value is 0.690. The Morgan fingerprint density at radius 3 is 2.17 bits per heavy atom. The molecule has 1 fully saturated rings. The van der Waals surface area contributed by atoms with Crippen LogP contribution < -0.4 is 3.53 Å². The molecule has 1 saturated carbocycles. The van der Waals surface area contributed by atoms with E-state index in [-0.39, 0.29) is 0 Å². The quantitative estimate of drug-likeness (QED) is 0.495. The van der Waals surface area contributed by atoms with E-state index >= 15 is 0 Å². The average molecular weight is 197 g/mol. The van der Waals surface area contributed by atoms with Crippen LogP contribution in [0, 0.1) is 0 Å². The Morgan fingerprint density at radius 1 is 1.67 bits per heavy atom. The van der Waals surface area contributed by atoms with Crippen molar-refractivity contribution in [1.82, 2.24) is 3.53 Å². The molecule has 1 aliphatic rings. The molecule has 0 amide bonds. The molecule has 0 saturated heterocycles. The Labute approximate surface area is 52.0 Å². The van der Waals surface area contributed by atoms with E-state index < -0.39 is 0 Å². The largest absolute Gasteiger partial charge is 0.255 e. The average Bonchev–Trinajstić information content (AvgIpc) is 2.22. The van der Waals surface area contributed by atoms with Crippen molar-refractivity contribution in [2.45, 2.75) is 25.3 Å². The highest BCUT2D eigenvalue weighted by molar-refractivity contribution is 14.1. The van der Waals surface area contributed by atoms with Gasteiger partial charge >= 0.3 is 0 Å². The Kier molecular flexibility index (Phi) is 1.08. The van der Waals surface area contributed by atoms with E-state index in [1.807, 2.05) is 0 Å². The standard InChI is InChI=1S/C4H8IN/c1-4(6-5)2-3-4/h6H,2-3H2,1H3. The minimum absolute atomic E-state index is 0.528. The first-order valence-corrected chi connectivity index (χ1v) is 3.22. The summed E-state index contributed by atoms with van der Waals surface area (Å²) in [6.07, 6.45) is 2.71. The molecule has 1 aliphatic carbocycles. The van der Waals surface area contributed by atoms with Crippen LogP contribution in [0.4, 0.5) is 0 Å². The third-order valence-electron chi connectivity index (χ3n) is 1.23. The van der Waals surface area contributed by atoms with Crippen molar-refractivity contribution in [2.75, 3.05) is 0 Å². The maximum atomic E-state index is 3.19. The highest BCUT2D eigenvalue weighted by atomic mass is 127. The molecular formula is C4H8IN. The van der Waals surface area contributed by atoms with Crippen LogP contribution in [0.3, 0.4) is 0 Å². The number of rotatable bonds is 1. The van der Waals surface area contributed by atoms with E-state index in [2.05, 4.69) is 33.3 Å². The molecular weight excluding hydrogens is 189 g/mol. The molecule has 2 heteroatoms. The lowest BCUT2D eigenvalue weighted by Crippen LogP contribution is -2.15. The number of nitrogens with one attached hydrogen (secondary N) is 1. The van der Waals surface area contributed by atoms with Crippen molar-refractivity contribution in [3.63, 3.8) is 0 Å². The summed E-state index contributed by atoms with van der Waals surface area (Å²) in [7, 11) is 0. The van der Waals surface area contributed by atoms with Crippen molar-refractivity contribution in [3.05, 3.63) is 0 Å². The lowest BCUT2D eigenvalue weighted by Gasteiger charge is -1.98. The third kappa shape index (κ3) is 0.846. The molecule has 0 aromatic heterocycles. The third-order valence-corrected chi connectivity index (χ3v) is 2.53. The lowest BCUT2D eigenvalue weighted by atomic mass is 10.4. The van der Waals surface area contributed by atoms with Crippen molar-refractivity contribution in [2.24, 2.45) is 0 Å². The summed E-state index contributed by atoms with van der Waals surface area (Å²) in [5.74, 6) is 0. The van der Waals surface area contributed by atoms with E-state index in [0.717, 1.165) is 0 Å². The van der Waals surface area contributed by atoms with Gasteiger partial charge in [0.15, 0.2) is 0 Å². The summed E-state index contributed by atoms with van der Waals surface area (Å²) in [4.78, 5) is 0. The van der Waals surface area contributed by atoms with E-state index in [0.29, 0.717) is 5.54 Å². The molecule has 1 nitrogen and oxygen atoms in total. The molecule has 36 valence electrons. The summed E-state index contributed by atoms with van der Waals surface area (Å²) in [6, 6.07) is 0. The van der Waals surface area contributed by atoms with E-state index in [9.17, 15) is 0 Å². The molecule has 0 aromatic rings. The maximum Gasteiger partial charge on any atom is 0.0247 e. The van der Waals surface area contributed by atoms with Crippen LogP contribution in [-0.2, 0) is 0 Å². The Bertz CT molecular complexity index is 58.6. The van der Waals surface area contributed by atoms with Crippen LogP contribution in [-0.4, -0.2) is 5.54 Å². The van der Waals surface area contributed by atoms with Gasteiger partial charge < -0.3 is 0 Å². The Balaban J connectivity index is 2.28. The van der Waals surface area contributed by atoms with Gasteiger partial charge in [0.25, 0.3) is 0 Å². The van der Waals surface area contributed by atoms with Gasteiger partial charge in [0.1, 0.15) is 0 Å². The zero-order chi connectivity index (χ0) is 4.62. The van der Waals surface area contributed by atoms with Gasteiger partial charge in [-0.1, -0.05) is 0 Å². The second-order valence-electron chi connectivity index (χ2n) is 2.16. The van der Waals surface area contributed by atoms with Gasteiger partial charge in [0, 0.05) is 28.4 Å². The van der Waals surface area contributed by atoms with Crippen LogP contribution in [0.2, 0.25) is 0 Å². The van der Waals surface area contributed by atoms with Crippen molar-refractivity contribution in [3.8, 4) is 0 Å². The smallest absolute Gasteiger partial charge is 0.0247 e. The molecule has 0 spiro atoms. The molecule has 0 heterocycles. The van der Waals surface area contributed by atoms with Crippen LogP contribution in [0.25, 0.3) is 0 Å². The topological polar surface area (TPSA) is 12.0 Å². The predicted octanol–water partition coefficient (Wildman–Crippen LogP) is 1.48. The van der Waals surface area contributed by atoms with Crippen LogP contribution in [0.5, 0.6) is 0 Å². The normalized spacial score (nSPS) is 27.0. The van der Waals surface area contributed by atoms with Gasteiger partial charge in [-0.15, -0.1) is 0 Å². The molecule has 1 N–H and O–H groups in total. The molecule has 0 aliphatic heterocycles. The number of hydrogen-bond acceptors (Lipinski definition) is 1. The fourth-order valence-electron chi connectivity index (χ4n) is 0.282. The van der Waals surface area contributed by atoms with Crippen molar-refractivity contribution in [1.29, 1.82) is 0 Å². The fraction of sp³-hybridized carbons (Fsp3) is 1.00. The molecule has 0 unspecified atom stereocenters. The van der Waals surface area contributed by atoms with Crippen LogP contribution in [0.1, 0.15) is 19.8 Å². The number of hydrogen-bond donors (Lipinski definition) is 1. The minimum Gasteiger partial charge on any atom is -0.255 e. The second kappa shape index (κ2) is 1.33. The van der Waals surface area contributed by atoms with Gasteiger partial charge in [-0.3, -0.25) is 3.53 Å². The summed E-state index contributed by atoms with van der Waals surface area (Å²) < 4.78 is 3.19. The minimum atomic E-state index is 0.528. The first-order valence-electron chi connectivity index (χ1n) is 2.15. The molecule has 0 aromatic carbocycles. The van der Waals surface area contributed by atoms with Gasteiger partial charge in [-0.05, 0) is 19.8 Å². The van der Waals surface area contributed by atoms with Crippen LogP contribution >= 0.6 is 22.9 Å². The van der Waals surface area contributed by atoms with Crippen molar-refractivity contribution >= 4 is 22.9 Å². The summed E-state index contributed by atoms with van der Waals surface area (Å²) in [5, 5.41) is 0. The van der Waals surface area contributed by atoms with Gasteiger partial charge in [0.05, 0.1) is 0 Å². The molecule has 0 atom stereocenters. The van der Waals surface area contributed by atoms with Crippen molar-refractivity contribution < 1.29 is 0 Å². The van der Waals surface area contributed by atoms with Crippen LogP contribution in [0.15, 0.2) is 0 Å². The second-order valence-corrected chi connectivity index (χ2v) is 2.69. The first-order chi connectivity index (χ1) is 2.77. The maximum absolute atomic E-state index is 3.19. The SMILES string of the molecule is CC1(NI)CC1. The first kappa shape index (κ1) is 4.84. The van der Waals surface area contributed by atoms with E-state index in [1.165, 1.54) is 12.8 Å².